The van der Waals surface area contributed by atoms with Gasteiger partial charge in [0.05, 0.1) is 18.4 Å². The van der Waals surface area contributed by atoms with Crippen LogP contribution in [0.3, 0.4) is 0 Å². The Hall–Kier alpha value is -3.06. The molecule has 0 fully saturated rings. The number of benzene rings is 2. The molecule has 0 aliphatic rings. The molecule has 0 radical (unpaired) electrons. The van der Waals surface area contributed by atoms with E-state index in [4.69, 9.17) is 26.8 Å². The highest BCUT2D eigenvalue weighted by Crippen LogP contribution is 2.29. The molecule has 3 N–H and O–H groups in total. The van der Waals surface area contributed by atoms with Crippen molar-refractivity contribution >= 4 is 29.8 Å². The number of hydrazone groups is 1. The molecule has 7 nitrogen and oxygen atoms in total. The van der Waals surface area contributed by atoms with Gasteiger partial charge in [-0.05, 0) is 55.0 Å². The van der Waals surface area contributed by atoms with Crippen LogP contribution in [0.15, 0.2) is 47.6 Å². The highest BCUT2D eigenvalue weighted by Gasteiger charge is 2.13. The van der Waals surface area contributed by atoms with Gasteiger partial charge in [0, 0.05) is 5.02 Å². The second-order valence-electron chi connectivity index (χ2n) is 4.77. The number of primary amides is 1. The van der Waals surface area contributed by atoms with E-state index in [-0.39, 0.29) is 5.75 Å². The molecule has 0 heterocycles. The summed E-state index contributed by atoms with van der Waals surface area (Å²) in [4.78, 5) is 22.8. The van der Waals surface area contributed by atoms with Gasteiger partial charge in [-0.15, -0.1) is 0 Å². The van der Waals surface area contributed by atoms with E-state index in [1.165, 1.54) is 6.21 Å². The topological polar surface area (TPSA) is 103 Å². The monoisotopic (exact) mass is 361 g/mol. The van der Waals surface area contributed by atoms with Crippen molar-refractivity contribution in [2.75, 3.05) is 6.61 Å². The van der Waals surface area contributed by atoms with E-state index in [0.29, 0.717) is 28.5 Å². The minimum Gasteiger partial charge on any atom is -0.490 e. The molecule has 2 aromatic carbocycles. The number of carbonyl (C=O) groups excluding carboxylic acids is 2. The maximum absolute atomic E-state index is 12.2. The van der Waals surface area contributed by atoms with Crippen molar-refractivity contribution < 1.29 is 19.1 Å². The molecule has 130 valence electrons. The second kappa shape index (κ2) is 8.70. The molecule has 0 saturated heterocycles. The highest BCUT2D eigenvalue weighted by atomic mass is 35.5. The van der Waals surface area contributed by atoms with Crippen LogP contribution in [0.2, 0.25) is 5.02 Å². The number of nitrogens with one attached hydrogen (secondary N) is 1. The molecule has 0 atom stereocenters. The van der Waals surface area contributed by atoms with Gasteiger partial charge >= 0.3 is 12.0 Å². The van der Waals surface area contributed by atoms with E-state index in [2.05, 4.69) is 10.5 Å². The van der Waals surface area contributed by atoms with Crippen LogP contribution in [0.5, 0.6) is 11.5 Å². The number of carbonyl (C=O) groups is 2. The smallest absolute Gasteiger partial charge is 0.343 e. The Kier molecular flexibility index (Phi) is 6.36. The molecule has 0 aromatic heterocycles. The van der Waals surface area contributed by atoms with Crippen LogP contribution in [0.4, 0.5) is 4.79 Å². The number of ether oxygens (including phenoxy) is 2. The summed E-state index contributed by atoms with van der Waals surface area (Å²) in [6, 6.07) is 10.4. The van der Waals surface area contributed by atoms with Crippen LogP contribution in [0.1, 0.15) is 22.8 Å². The molecule has 0 spiro atoms. The summed E-state index contributed by atoms with van der Waals surface area (Å²) in [6.45, 7) is 2.19. The lowest BCUT2D eigenvalue weighted by atomic mass is 10.2. The minimum absolute atomic E-state index is 0.266. The SMILES string of the molecule is CCOc1cc(/C=N\NC(N)=O)ccc1OC(=O)c1ccc(Cl)cc1. The number of esters is 1. The summed E-state index contributed by atoms with van der Waals surface area (Å²) in [5, 5.41) is 4.19. The number of rotatable bonds is 6. The molecule has 2 amide bonds. The summed E-state index contributed by atoms with van der Waals surface area (Å²) in [5.41, 5.74) is 8.01. The van der Waals surface area contributed by atoms with Gasteiger partial charge in [0.2, 0.25) is 0 Å². The van der Waals surface area contributed by atoms with Crippen molar-refractivity contribution in [1.29, 1.82) is 0 Å². The van der Waals surface area contributed by atoms with Crippen molar-refractivity contribution in [1.82, 2.24) is 5.43 Å². The maximum atomic E-state index is 12.2. The Morgan fingerprint density at radius 3 is 2.56 bits per heavy atom. The predicted octanol–water partition coefficient (Wildman–Crippen LogP) is 2.96. The molecule has 0 saturated carbocycles. The zero-order valence-corrected chi connectivity index (χ0v) is 14.1. The summed E-state index contributed by atoms with van der Waals surface area (Å²) < 4.78 is 10.9. The number of urea groups is 1. The third kappa shape index (κ3) is 5.50. The van der Waals surface area contributed by atoms with Crippen molar-refractivity contribution in [3.63, 3.8) is 0 Å². The fourth-order valence-corrected chi connectivity index (χ4v) is 2.00. The van der Waals surface area contributed by atoms with E-state index in [9.17, 15) is 9.59 Å². The maximum Gasteiger partial charge on any atom is 0.343 e. The Labute approximate surface area is 149 Å². The van der Waals surface area contributed by atoms with Crippen LogP contribution in [-0.4, -0.2) is 24.8 Å². The molecule has 2 rings (SSSR count). The van der Waals surface area contributed by atoms with Gasteiger partial charge in [0.15, 0.2) is 11.5 Å². The Bertz CT molecular complexity index is 791. The lowest BCUT2D eigenvalue weighted by Gasteiger charge is -2.11. The molecule has 0 aliphatic heterocycles. The third-order valence-corrected chi connectivity index (χ3v) is 3.19. The standard InChI is InChI=1S/C17H16ClN3O4/c1-2-24-15-9-11(10-20-21-17(19)23)3-8-14(15)25-16(22)12-4-6-13(18)7-5-12/h3-10H,2H2,1H3,(H3,19,21,23)/b20-10-. The molecule has 0 unspecified atom stereocenters. The van der Waals surface area contributed by atoms with Gasteiger partial charge in [-0.25, -0.2) is 15.0 Å². The van der Waals surface area contributed by atoms with Gasteiger partial charge < -0.3 is 15.2 Å². The summed E-state index contributed by atoms with van der Waals surface area (Å²) in [6.07, 6.45) is 1.39. The minimum atomic E-state index is -0.769. The summed E-state index contributed by atoms with van der Waals surface area (Å²) in [7, 11) is 0. The normalized spacial score (nSPS) is 10.5. The summed E-state index contributed by atoms with van der Waals surface area (Å²) in [5.74, 6) is 0.101. The lowest BCUT2D eigenvalue weighted by Crippen LogP contribution is -2.24. The first kappa shape index (κ1) is 18.3. The zero-order valence-electron chi connectivity index (χ0n) is 13.4. The van der Waals surface area contributed by atoms with Gasteiger partial charge in [0.1, 0.15) is 0 Å². The van der Waals surface area contributed by atoms with E-state index in [1.54, 1.807) is 49.4 Å². The first-order chi connectivity index (χ1) is 12.0. The van der Waals surface area contributed by atoms with Crippen LogP contribution >= 0.6 is 11.6 Å². The Morgan fingerprint density at radius 1 is 1.20 bits per heavy atom. The van der Waals surface area contributed by atoms with Gasteiger partial charge in [-0.2, -0.15) is 5.10 Å². The average Bonchev–Trinajstić information content (AvgIpc) is 2.57. The Balaban J connectivity index is 2.18. The molecular weight excluding hydrogens is 346 g/mol. The second-order valence-corrected chi connectivity index (χ2v) is 5.21. The van der Waals surface area contributed by atoms with Crippen molar-refractivity contribution in [3.05, 3.63) is 58.6 Å². The first-order valence-electron chi connectivity index (χ1n) is 7.32. The number of nitrogens with two attached hydrogens (primary N) is 1. The van der Waals surface area contributed by atoms with Crippen molar-refractivity contribution in [3.8, 4) is 11.5 Å². The average molecular weight is 362 g/mol. The zero-order chi connectivity index (χ0) is 18.2. The van der Waals surface area contributed by atoms with Crippen LogP contribution in [-0.2, 0) is 0 Å². The highest BCUT2D eigenvalue weighted by molar-refractivity contribution is 6.30. The largest absolute Gasteiger partial charge is 0.490 e. The van der Waals surface area contributed by atoms with Crippen LogP contribution in [0, 0.1) is 0 Å². The fraction of sp³-hybridized carbons (Fsp3) is 0.118. The molecule has 0 bridgehead atoms. The number of nitrogens with zero attached hydrogens (tertiary/aromatic N) is 1. The quantitative estimate of drug-likeness (QED) is 0.357. The van der Waals surface area contributed by atoms with E-state index < -0.39 is 12.0 Å². The fourth-order valence-electron chi connectivity index (χ4n) is 1.87. The van der Waals surface area contributed by atoms with Gasteiger partial charge in [-0.3, -0.25) is 0 Å². The summed E-state index contributed by atoms with van der Waals surface area (Å²) >= 11 is 5.80. The van der Waals surface area contributed by atoms with Gasteiger partial charge in [-0.1, -0.05) is 11.6 Å². The number of amides is 2. The van der Waals surface area contributed by atoms with Crippen molar-refractivity contribution in [2.45, 2.75) is 6.92 Å². The van der Waals surface area contributed by atoms with E-state index in [1.807, 2.05) is 0 Å². The number of hydrogen-bond acceptors (Lipinski definition) is 5. The molecule has 25 heavy (non-hydrogen) atoms. The molecule has 8 heteroatoms. The van der Waals surface area contributed by atoms with Gasteiger partial charge in [0.25, 0.3) is 0 Å². The number of hydrogen-bond donors (Lipinski definition) is 2. The van der Waals surface area contributed by atoms with Crippen LogP contribution < -0.4 is 20.6 Å². The van der Waals surface area contributed by atoms with Crippen LogP contribution in [0.25, 0.3) is 0 Å². The molecule has 0 aliphatic carbocycles. The molecule has 2 aromatic rings. The first-order valence-corrected chi connectivity index (χ1v) is 7.70. The third-order valence-electron chi connectivity index (χ3n) is 2.94. The number of halogens is 1. The van der Waals surface area contributed by atoms with E-state index in [0.717, 1.165) is 0 Å². The predicted molar refractivity (Wildman–Crippen MR) is 94.3 cm³/mol. The van der Waals surface area contributed by atoms with E-state index >= 15 is 0 Å². The van der Waals surface area contributed by atoms with Crippen molar-refractivity contribution in [2.24, 2.45) is 10.8 Å². The Morgan fingerprint density at radius 2 is 1.92 bits per heavy atom. The lowest BCUT2D eigenvalue weighted by molar-refractivity contribution is 0.0728. The molecular formula is C17H16ClN3O4.